The second-order valence-corrected chi connectivity index (χ2v) is 5.72. The minimum Gasteiger partial charge on any atom is -0.477 e. The molecule has 0 N–H and O–H groups in total. The van der Waals surface area contributed by atoms with Gasteiger partial charge in [-0.3, -0.25) is 9.59 Å². The van der Waals surface area contributed by atoms with E-state index in [0.29, 0.717) is 11.3 Å². The number of amides is 1. The first kappa shape index (κ1) is 16.6. The van der Waals surface area contributed by atoms with Crippen LogP contribution in [-0.4, -0.2) is 35.3 Å². The molecule has 0 radical (unpaired) electrons. The molecule has 0 bridgehead atoms. The second-order valence-electron chi connectivity index (χ2n) is 5.72. The van der Waals surface area contributed by atoms with Crippen molar-refractivity contribution in [1.29, 1.82) is 0 Å². The average Bonchev–Trinajstić information content (AvgIpc) is 2.87. The first-order chi connectivity index (χ1) is 11.9. The molecule has 2 heterocycles. The molecule has 0 atom stereocenters. The summed E-state index contributed by atoms with van der Waals surface area (Å²) in [6, 6.07) is 7.97. The highest BCUT2D eigenvalue weighted by atomic mass is 16.6. The van der Waals surface area contributed by atoms with E-state index in [4.69, 9.17) is 4.74 Å². The monoisotopic (exact) mass is 341 g/mol. The second kappa shape index (κ2) is 6.31. The number of nitro groups is 1. The number of rotatable bonds is 5. The molecule has 8 heteroatoms. The van der Waals surface area contributed by atoms with Crippen LogP contribution in [0.4, 0.5) is 11.5 Å². The van der Waals surface area contributed by atoms with Crippen molar-refractivity contribution in [3.8, 4) is 5.75 Å². The molecule has 0 saturated carbocycles. The number of Topliss-reactive ketones (excluding diaryl/α,β-unsaturated/α-hetero) is 1. The summed E-state index contributed by atoms with van der Waals surface area (Å²) in [7, 11) is 1.68. The summed E-state index contributed by atoms with van der Waals surface area (Å²) in [5.41, 5.74) is 2.43. The number of ether oxygens (including phenoxy) is 1. The maximum atomic E-state index is 12.3. The van der Waals surface area contributed by atoms with Gasteiger partial charge in [-0.2, -0.15) is 0 Å². The van der Waals surface area contributed by atoms with E-state index in [0.717, 1.165) is 11.3 Å². The number of nitrogens with zero attached hydrogens (tertiary/aromatic N) is 3. The third-order valence-electron chi connectivity index (χ3n) is 3.99. The topological polar surface area (TPSA) is 103 Å². The Morgan fingerprint density at radius 1 is 1.36 bits per heavy atom. The summed E-state index contributed by atoms with van der Waals surface area (Å²) in [4.78, 5) is 39.7. The van der Waals surface area contributed by atoms with Crippen molar-refractivity contribution in [2.45, 2.75) is 13.3 Å². The molecule has 0 spiro atoms. The lowest BCUT2D eigenvalue weighted by Gasteiger charge is -2.10. The number of likely N-dealkylation sites (N-methyl/N-ethyl adjacent to an activating group) is 1. The van der Waals surface area contributed by atoms with E-state index in [1.165, 1.54) is 6.07 Å². The van der Waals surface area contributed by atoms with E-state index in [9.17, 15) is 19.7 Å². The number of ketones is 1. The van der Waals surface area contributed by atoms with Gasteiger partial charge in [-0.25, -0.2) is 0 Å². The predicted octanol–water partition coefficient (Wildman–Crippen LogP) is 2.08. The van der Waals surface area contributed by atoms with E-state index < -0.39 is 10.7 Å². The van der Waals surface area contributed by atoms with Gasteiger partial charge in [0.05, 0.1) is 6.42 Å². The molecular weight excluding hydrogens is 326 g/mol. The highest BCUT2D eigenvalue weighted by Crippen LogP contribution is 2.29. The number of hydrogen-bond acceptors (Lipinski definition) is 6. The number of benzene rings is 1. The molecule has 0 saturated heterocycles. The Morgan fingerprint density at radius 2 is 2.12 bits per heavy atom. The lowest BCUT2D eigenvalue weighted by molar-refractivity contribution is -0.390. The van der Waals surface area contributed by atoms with Crippen LogP contribution in [0.15, 0.2) is 30.3 Å². The van der Waals surface area contributed by atoms with E-state index in [-0.39, 0.29) is 30.5 Å². The van der Waals surface area contributed by atoms with Crippen LogP contribution in [0.1, 0.15) is 21.6 Å². The molecule has 1 aromatic heterocycles. The number of fused-ring (bicyclic) bond motifs is 1. The lowest BCUT2D eigenvalue weighted by Crippen LogP contribution is -2.20. The zero-order valence-electron chi connectivity index (χ0n) is 13.7. The number of aryl methyl sites for hydroxylation is 1. The Labute approximate surface area is 143 Å². The van der Waals surface area contributed by atoms with Gasteiger partial charge in [0.1, 0.15) is 5.69 Å². The average molecular weight is 341 g/mol. The highest BCUT2D eigenvalue weighted by Gasteiger charge is 2.25. The lowest BCUT2D eigenvalue weighted by atomic mass is 10.1. The maximum absolute atomic E-state index is 12.3. The van der Waals surface area contributed by atoms with Gasteiger partial charge in [-0.1, -0.05) is 0 Å². The smallest absolute Gasteiger partial charge is 0.406 e. The molecule has 128 valence electrons. The Kier molecular flexibility index (Phi) is 4.18. The van der Waals surface area contributed by atoms with Gasteiger partial charge >= 0.3 is 5.82 Å². The van der Waals surface area contributed by atoms with Crippen molar-refractivity contribution >= 4 is 23.2 Å². The summed E-state index contributed by atoms with van der Waals surface area (Å²) in [5.74, 6) is -0.842. The molecule has 0 fully saturated rings. The maximum Gasteiger partial charge on any atom is 0.406 e. The van der Waals surface area contributed by atoms with Gasteiger partial charge in [0.15, 0.2) is 12.4 Å². The first-order valence-electron chi connectivity index (χ1n) is 7.54. The van der Waals surface area contributed by atoms with Gasteiger partial charge < -0.3 is 19.8 Å². The minimum absolute atomic E-state index is 0.0304. The van der Waals surface area contributed by atoms with Crippen LogP contribution in [0.3, 0.4) is 0 Å². The van der Waals surface area contributed by atoms with Gasteiger partial charge in [0.25, 0.3) is 0 Å². The van der Waals surface area contributed by atoms with Crippen LogP contribution in [-0.2, 0) is 11.2 Å². The van der Waals surface area contributed by atoms with Crippen LogP contribution in [0.5, 0.6) is 5.75 Å². The van der Waals surface area contributed by atoms with Gasteiger partial charge in [-0.05, 0) is 45.8 Å². The SMILES string of the molecule is Cc1ccc(OCC(=O)c2ccc3c(c2)CC(=O)N3C)c([N+](=O)[O-])n1. The molecular formula is C17H15N3O5. The molecule has 8 nitrogen and oxygen atoms in total. The Morgan fingerprint density at radius 3 is 2.84 bits per heavy atom. The van der Waals surface area contributed by atoms with E-state index in [1.54, 1.807) is 43.1 Å². The summed E-state index contributed by atoms with van der Waals surface area (Å²) < 4.78 is 5.30. The number of carbonyl (C=O) groups is 2. The number of aromatic nitrogens is 1. The number of carbonyl (C=O) groups excluding carboxylic acids is 2. The van der Waals surface area contributed by atoms with E-state index in [1.807, 2.05) is 0 Å². The standard InChI is InChI=1S/C17H15N3O5/c1-10-3-6-15(17(18-10)20(23)24)25-9-14(21)11-4-5-13-12(7-11)8-16(22)19(13)2/h3-7H,8-9H2,1-2H3. The molecule has 1 amide bonds. The number of anilines is 1. The van der Waals surface area contributed by atoms with Crippen molar-refractivity contribution < 1.29 is 19.2 Å². The Bertz CT molecular complexity index is 894. The van der Waals surface area contributed by atoms with Crippen LogP contribution < -0.4 is 9.64 Å². The van der Waals surface area contributed by atoms with Crippen molar-refractivity contribution in [2.24, 2.45) is 0 Å². The molecule has 3 rings (SSSR count). The molecule has 1 aliphatic heterocycles. The molecule has 0 unspecified atom stereocenters. The summed E-state index contributed by atoms with van der Waals surface area (Å²) in [6.45, 7) is 1.28. The molecule has 1 aliphatic rings. The zero-order chi connectivity index (χ0) is 18.1. The minimum atomic E-state index is -0.649. The van der Waals surface area contributed by atoms with E-state index in [2.05, 4.69) is 4.98 Å². The first-order valence-corrected chi connectivity index (χ1v) is 7.54. The van der Waals surface area contributed by atoms with Crippen molar-refractivity contribution in [3.05, 3.63) is 57.3 Å². The van der Waals surface area contributed by atoms with Crippen LogP contribution in [0.2, 0.25) is 0 Å². The third-order valence-corrected chi connectivity index (χ3v) is 3.99. The zero-order valence-corrected chi connectivity index (χ0v) is 13.7. The predicted molar refractivity (Wildman–Crippen MR) is 89.0 cm³/mol. The molecule has 25 heavy (non-hydrogen) atoms. The van der Waals surface area contributed by atoms with Crippen LogP contribution >= 0.6 is 0 Å². The summed E-state index contributed by atoms with van der Waals surface area (Å²) >= 11 is 0. The molecule has 1 aromatic carbocycles. The Hall–Kier alpha value is -3.29. The third kappa shape index (κ3) is 3.18. The summed E-state index contributed by atoms with van der Waals surface area (Å²) in [6.07, 6.45) is 0.251. The van der Waals surface area contributed by atoms with Gasteiger partial charge in [0.2, 0.25) is 11.7 Å². The van der Waals surface area contributed by atoms with Gasteiger partial charge in [-0.15, -0.1) is 0 Å². The van der Waals surface area contributed by atoms with Crippen LogP contribution in [0.25, 0.3) is 0 Å². The molecule has 2 aromatic rings. The Balaban J connectivity index is 1.75. The summed E-state index contributed by atoms with van der Waals surface area (Å²) in [5, 5.41) is 11.0. The van der Waals surface area contributed by atoms with Crippen molar-refractivity contribution in [3.63, 3.8) is 0 Å². The largest absolute Gasteiger partial charge is 0.477 e. The fourth-order valence-electron chi connectivity index (χ4n) is 2.64. The number of hydrogen-bond donors (Lipinski definition) is 0. The van der Waals surface area contributed by atoms with Crippen LogP contribution in [0, 0.1) is 17.0 Å². The normalized spacial score (nSPS) is 12.9. The fourth-order valence-corrected chi connectivity index (χ4v) is 2.64. The highest BCUT2D eigenvalue weighted by molar-refractivity contribution is 6.03. The fraction of sp³-hybridized carbons (Fsp3) is 0.235. The van der Waals surface area contributed by atoms with Crippen molar-refractivity contribution in [2.75, 3.05) is 18.6 Å². The van der Waals surface area contributed by atoms with E-state index >= 15 is 0 Å². The number of pyridine rings is 1. The quantitative estimate of drug-likeness (QED) is 0.469. The van der Waals surface area contributed by atoms with Crippen molar-refractivity contribution in [1.82, 2.24) is 4.98 Å². The van der Waals surface area contributed by atoms with Gasteiger partial charge in [0, 0.05) is 25.2 Å². The molecule has 0 aliphatic carbocycles.